The highest BCUT2D eigenvalue weighted by Crippen LogP contribution is 2.41. The molecule has 1 aromatic heterocycles. The van der Waals surface area contributed by atoms with Crippen molar-refractivity contribution in [3.8, 4) is 10.4 Å². The molecule has 3 amide bonds. The lowest BCUT2D eigenvalue weighted by Gasteiger charge is -2.30. The minimum Gasteiger partial charge on any atom is -0.450 e. The summed E-state index contributed by atoms with van der Waals surface area (Å²) in [5, 5.41) is 3.73. The zero-order chi connectivity index (χ0) is 24.1. The van der Waals surface area contributed by atoms with Crippen LogP contribution in [0.25, 0.3) is 10.4 Å². The fourth-order valence-electron chi connectivity index (χ4n) is 4.73. The summed E-state index contributed by atoms with van der Waals surface area (Å²) in [6, 6.07) is 10.00. The quantitative estimate of drug-likeness (QED) is 0.637. The standard InChI is InChI=1S/C26H33N3O4S/c1-3-33-26(32)29-16-12-20(13-17-29)23(30)27-24-21(25(31)28-14-8-5-9-15-28)18(2)22(34-24)19-10-6-4-7-11-19/h4,6-7,10-11,20H,3,5,8-9,12-17H2,1-2H3,(H,27,30). The lowest BCUT2D eigenvalue weighted by Crippen LogP contribution is -2.41. The number of nitrogens with one attached hydrogen (secondary N) is 1. The van der Waals surface area contributed by atoms with Gasteiger partial charge in [0.1, 0.15) is 5.00 Å². The van der Waals surface area contributed by atoms with Crippen molar-refractivity contribution in [3.63, 3.8) is 0 Å². The van der Waals surface area contributed by atoms with Gasteiger partial charge < -0.3 is 19.9 Å². The topological polar surface area (TPSA) is 79.0 Å². The molecule has 0 atom stereocenters. The minimum absolute atomic E-state index is 0.00283. The highest BCUT2D eigenvalue weighted by Gasteiger charge is 2.31. The summed E-state index contributed by atoms with van der Waals surface area (Å²) < 4.78 is 5.08. The van der Waals surface area contributed by atoms with Crippen LogP contribution in [0.15, 0.2) is 30.3 Å². The van der Waals surface area contributed by atoms with Crippen LogP contribution in [-0.2, 0) is 9.53 Å². The fourth-order valence-corrected chi connectivity index (χ4v) is 5.94. The molecule has 2 aromatic rings. The van der Waals surface area contributed by atoms with Crippen LogP contribution in [0.5, 0.6) is 0 Å². The molecule has 3 heterocycles. The number of rotatable bonds is 5. The van der Waals surface area contributed by atoms with E-state index in [1.807, 2.05) is 42.2 Å². The Balaban J connectivity index is 1.55. The number of hydrogen-bond acceptors (Lipinski definition) is 5. The predicted octanol–water partition coefficient (Wildman–Crippen LogP) is 5.16. The second kappa shape index (κ2) is 11.0. The van der Waals surface area contributed by atoms with Crippen molar-refractivity contribution in [3.05, 3.63) is 41.5 Å². The van der Waals surface area contributed by atoms with Gasteiger partial charge in [0.25, 0.3) is 5.91 Å². The van der Waals surface area contributed by atoms with E-state index in [0.717, 1.165) is 48.4 Å². The van der Waals surface area contributed by atoms with Crippen molar-refractivity contribution in [2.24, 2.45) is 5.92 Å². The van der Waals surface area contributed by atoms with E-state index < -0.39 is 0 Å². The molecular formula is C26H33N3O4S. The number of nitrogens with zero attached hydrogens (tertiary/aromatic N) is 2. The summed E-state index contributed by atoms with van der Waals surface area (Å²) in [5.41, 5.74) is 2.57. The minimum atomic E-state index is -0.322. The van der Waals surface area contributed by atoms with Crippen LogP contribution >= 0.6 is 11.3 Å². The van der Waals surface area contributed by atoms with Crippen LogP contribution in [0.4, 0.5) is 9.80 Å². The van der Waals surface area contributed by atoms with Crippen molar-refractivity contribution in [1.29, 1.82) is 0 Å². The lowest BCUT2D eigenvalue weighted by molar-refractivity contribution is -0.121. The fraction of sp³-hybridized carbons (Fsp3) is 0.500. The smallest absolute Gasteiger partial charge is 0.409 e. The lowest BCUT2D eigenvalue weighted by atomic mass is 9.96. The van der Waals surface area contributed by atoms with Crippen molar-refractivity contribution in [1.82, 2.24) is 9.80 Å². The summed E-state index contributed by atoms with van der Waals surface area (Å²) in [4.78, 5) is 43.3. The number of hydrogen-bond donors (Lipinski definition) is 1. The first-order valence-electron chi connectivity index (χ1n) is 12.2. The average molecular weight is 484 g/mol. The van der Waals surface area contributed by atoms with Crippen LogP contribution < -0.4 is 5.32 Å². The van der Waals surface area contributed by atoms with Gasteiger partial charge in [-0.3, -0.25) is 9.59 Å². The highest BCUT2D eigenvalue weighted by molar-refractivity contribution is 7.20. The Bertz CT molecular complexity index is 1020. The Morgan fingerprint density at radius 2 is 1.68 bits per heavy atom. The SMILES string of the molecule is CCOC(=O)N1CCC(C(=O)Nc2sc(-c3ccccc3)c(C)c2C(=O)N2CCCCC2)CC1. The van der Waals surface area contributed by atoms with Crippen molar-refractivity contribution in [2.45, 2.75) is 46.0 Å². The highest BCUT2D eigenvalue weighted by atomic mass is 32.1. The average Bonchev–Trinajstić information content (AvgIpc) is 3.20. The number of ether oxygens (including phenoxy) is 1. The predicted molar refractivity (Wildman–Crippen MR) is 134 cm³/mol. The first-order valence-corrected chi connectivity index (χ1v) is 13.0. The van der Waals surface area contributed by atoms with E-state index >= 15 is 0 Å². The number of amides is 3. The molecule has 8 heteroatoms. The molecule has 182 valence electrons. The normalized spacial score (nSPS) is 16.9. The van der Waals surface area contributed by atoms with Gasteiger partial charge in [0, 0.05) is 37.0 Å². The molecular weight excluding hydrogens is 450 g/mol. The molecule has 1 aromatic carbocycles. The Morgan fingerprint density at radius 1 is 1.00 bits per heavy atom. The van der Waals surface area contributed by atoms with Crippen LogP contribution in [0, 0.1) is 12.8 Å². The van der Waals surface area contributed by atoms with Gasteiger partial charge in [0.2, 0.25) is 5.91 Å². The van der Waals surface area contributed by atoms with Gasteiger partial charge in [-0.15, -0.1) is 11.3 Å². The number of piperidine rings is 2. The Hall–Kier alpha value is -2.87. The van der Waals surface area contributed by atoms with E-state index in [9.17, 15) is 14.4 Å². The van der Waals surface area contributed by atoms with Crippen LogP contribution in [0.2, 0.25) is 0 Å². The largest absolute Gasteiger partial charge is 0.450 e. The molecule has 0 bridgehead atoms. The summed E-state index contributed by atoms with van der Waals surface area (Å²) in [7, 11) is 0. The van der Waals surface area contributed by atoms with Gasteiger partial charge in [0.15, 0.2) is 0 Å². The van der Waals surface area contributed by atoms with E-state index in [1.54, 1.807) is 11.8 Å². The Labute approximate surface area is 205 Å². The molecule has 4 rings (SSSR count). The molecule has 1 N–H and O–H groups in total. The number of benzene rings is 1. The third kappa shape index (κ3) is 5.27. The van der Waals surface area contributed by atoms with E-state index in [1.165, 1.54) is 11.3 Å². The monoisotopic (exact) mass is 483 g/mol. The molecule has 0 saturated carbocycles. The maximum absolute atomic E-state index is 13.5. The van der Waals surface area contributed by atoms with E-state index in [2.05, 4.69) is 5.32 Å². The first-order chi connectivity index (χ1) is 16.5. The maximum Gasteiger partial charge on any atom is 0.409 e. The van der Waals surface area contributed by atoms with Crippen LogP contribution in [0.1, 0.15) is 54.9 Å². The Morgan fingerprint density at radius 3 is 2.32 bits per heavy atom. The first kappa shape index (κ1) is 24.3. The third-order valence-electron chi connectivity index (χ3n) is 6.67. The number of thiophene rings is 1. The van der Waals surface area contributed by atoms with Gasteiger partial charge in [-0.05, 0) is 57.1 Å². The second-order valence-electron chi connectivity index (χ2n) is 8.93. The van der Waals surface area contributed by atoms with Gasteiger partial charge in [-0.2, -0.15) is 0 Å². The van der Waals surface area contributed by atoms with Crippen molar-refractivity contribution < 1.29 is 19.1 Å². The van der Waals surface area contributed by atoms with Gasteiger partial charge in [-0.1, -0.05) is 30.3 Å². The van der Waals surface area contributed by atoms with Crippen molar-refractivity contribution in [2.75, 3.05) is 38.1 Å². The van der Waals surface area contributed by atoms with Crippen LogP contribution in [0.3, 0.4) is 0 Å². The number of anilines is 1. The summed E-state index contributed by atoms with van der Waals surface area (Å²) in [5.74, 6) is -0.286. The van der Waals surface area contributed by atoms with Crippen molar-refractivity contribution >= 4 is 34.2 Å². The number of carbonyl (C=O) groups excluding carboxylic acids is 3. The molecule has 7 nitrogen and oxygen atoms in total. The zero-order valence-corrected chi connectivity index (χ0v) is 20.8. The molecule has 2 fully saturated rings. The molecule has 0 aliphatic carbocycles. The van der Waals surface area contributed by atoms with Crippen LogP contribution in [-0.4, -0.2) is 60.5 Å². The molecule has 2 aliphatic rings. The summed E-state index contributed by atoms with van der Waals surface area (Å²) in [6.07, 6.45) is 4.02. The van der Waals surface area contributed by atoms with E-state index in [4.69, 9.17) is 4.74 Å². The van der Waals surface area contributed by atoms with E-state index in [-0.39, 0.29) is 23.8 Å². The number of carbonyl (C=O) groups is 3. The third-order valence-corrected chi connectivity index (χ3v) is 7.92. The summed E-state index contributed by atoms with van der Waals surface area (Å²) >= 11 is 1.47. The zero-order valence-electron chi connectivity index (χ0n) is 20.0. The maximum atomic E-state index is 13.5. The molecule has 2 aliphatic heterocycles. The molecule has 0 unspecified atom stereocenters. The molecule has 0 spiro atoms. The molecule has 0 radical (unpaired) electrons. The number of likely N-dealkylation sites (tertiary alicyclic amines) is 2. The van der Waals surface area contributed by atoms with Gasteiger partial charge in [0.05, 0.1) is 12.2 Å². The molecule has 34 heavy (non-hydrogen) atoms. The van der Waals surface area contributed by atoms with E-state index in [0.29, 0.717) is 43.1 Å². The van der Waals surface area contributed by atoms with Gasteiger partial charge in [-0.25, -0.2) is 4.79 Å². The molecule has 2 saturated heterocycles. The Kier molecular flexibility index (Phi) is 7.88. The van der Waals surface area contributed by atoms with Gasteiger partial charge >= 0.3 is 6.09 Å². The second-order valence-corrected chi connectivity index (χ2v) is 9.95. The summed E-state index contributed by atoms with van der Waals surface area (Å²) in [6.45, 7) is 6.61.